The number of aliphatic hydroxyl groups excluding tert-OH is 1. The van der Waals surface area contributed by atoms with Gasteiger partial charge in [-0.2, -0.15) is 0 Å². The fourth-order valence-corrected chi connectivity index (χ4v) is 3.08. The Labute approximate surface area is 159 Å². The maximum atomic E-state index is 12.4. The molecule has 0 amide bonds. The number of hydrogen-bond donors (Lipinski definition) is 2. The normalized spacial score (nSPS) is 12.9. The molecule has 0 spiro atoms. The molecular weight excluding hydrogens is 375 g/mol. The molecule has 1 aliphatic heterocycles. The molecule has 0 bridgehead atoms. The van der Waals surface area contributed by atoms with Gasteiger partial charge in [-0.1, -0.05) is 18.7 Å². The van der Waals surface area contributed by atoms with E-state index in [0.717, 1.165) is 5.56 Å². The molecule has 0 aliphatic carbocycles. The summed E-state index contributed by atoms with van der Waals surface area (Å²) in [4.78, 5) is 10.8. The standard InChI is InChI=1S/C20H18F3NO4/c1-12(10-25)9-24-18-8-16(19-15(6-7-27-19)17(18)11-26)13-2-4-14(5-3-13)28-20(21,22)23/h2-5,8,10,24,26H,1,6-7,9,11H2. The van der Waals surface area contributed by atoms with Crippen molar-refractivity contribution in [3.8, 4) is 22.6 Å². The predicted octanol–water partition coefficient (Wildman–Crippen LogP) is 3.85. The van der Waals surface area contributed by atoms with Gasteiger partial charge in [0.05, 0.1) is 13.2 Å². The summed E-state index contributed by atoms with van der Waals surface area (Å²) in [5.74, 6) is 0.273. The number of nitrogens with one attached hydrogen (secondary N) is 1. The number of halogens is 3. The van der Waals surface area contributed by atoms with Crippen LogP contribution in [0.5, 0.6) is 11.5 Å². The van der Waals surface area contributed by atoms with Gasteiger partial charge in [0.25, 0.3) is 0 Å². The zero-order valence-electron chi connectivity index (χ0n) is 14.8. The lowest BCUT2D eigenvalue weighted by molar-refractivity contribution is -0.274. The summed E-state index contributed by atoms with van der Waals surface area (Å²) in [5, 5.41) is 12.9. The summed E-state index contributed by atoms with van der Waals surface area (Å²) >= 11 is 0. The summed E-state index contributed by atoms with van der Waals surface area (Å²) in [6, 6.07) is 7.21. The van der Waals surface area contributed by atoms with E-state index in [1.165, 1.54) is 24.3 Å². The molecule has 3 rings (SSSR count). The maximum absolute atomic E-state index is 12.4. The highest BCUT2D eigenvalue weighted by molar-refractivity contribution is 5.81. The third-order valence-corrected chi connectivity index (χ3v) is 4.32. The van der Waals surface area contributed by atoms with E-state index in [0.29, 0.717) is 53.0 Å². The third kappa shape index (κ3) is 4.28. The van der Waals surface area contributed by atoms with Gasteiger partial charge in [-0.3, -0.25) is 4.79 Å². The monoisotopic (exact) mass is 393 g/mol. The van der Waals surface area contributed by atoms with E-state index in [9.17, 15) is 23.1 Å². The molecule has 148 valence electrons. The molecule has 0 radical (unpaired) electrons. The Morgan fingerprint density at radius 2 is 2.04 bits per heavy atom. The fraction of sp³-hybridized carbons (Fsp3) is 0.250. The fourth-order valence-electron chi connectivity index (χ4n) is 3.08. The van der Waals surface area contributed by atoms with E-state index in [4.69, 9.17) is 4.74 Å². The first-order chi connectivity index (χ1) is 13.3. The number of benzene rings is 2. The van der Waals surface area contributed by atoms with Crippen molar-refractivity contribution in [1.29, 1.82) is 0 Å². The molecule has 0 saturated carbocycles. The van der Waals surface area contributed by atoms with Crippen molar-refractivity contribution in [1.82, 2.24) is 0 Å². The number of ether oxygens (including phenoxy) is 2. The lowest BCUT2D eigenvalue weighted by atomic mass is 9.95. The second-order valence-corrected chi connectivity index (χ2v) is 6.22. The Hall–Kier alpha value is -3.00. The van der Waals surface area contributed by atoms with Crippen molar-refractivity contribution in [2.24, 2.45) is 0 Å². The van der Waals surface area contributed by atoms with Crippen LogP contribution in [0.15, 0.2) is 42.5 Å². The number of aliphatic hydroxyl groups is 1. The van der Waals surface area contributed by atoms with Crippen LogP contribution < -0.4 is 14.8 Å². The van der Waals surface area contributed by atoms with E-state index in [-0.39, 0.29) is 18.9 Å². The molecule has 2 aromatic carbocycles. The van der Waals surface area contributed by atoms with Crippen LogP contribution in [0, 0.1) is 0 Å². The summed E-state index contributed by atoms with van der Waals surface area (Å²) in [5.41, 5.74) is 3.75. The van der Waals surface area contributed by atoms with Crippen LogP contribution in [0.2, 0.25) is 0 Å². The van der Waals surface area contributed by atoms with Crippen LogP contribution >= 0.6 is 0 Å². The van der Waals surface area contributed by atoms with Crippen LogP contribution in [0.4, 0.5) is 18.9 Å². The summed E-state index contributed by atoms with van der Waals surface area (Å²) < 4.78 is 46.7. The highest BCUT2D eigenvalue weighted by Gasteiger charge is 2.31. The minimum Gasteiger partial charge on any atom is -0.492 e. The largest absolute Gasteiger partial charge is 0.573 e. The molecule has 5 nitrogen and oxygen atoms in total. The number of hydrogen-bond acceptors (Lipinski definition) is 5. The number of aldehydes is 1. The number of fused-ring (bicyclic) bond motifs is 1. The number of carbonyl (C=O) groups excluding carboxylic acids is 1. The zero-order chi connectivity index (χ0) is 20.3. The first-order valence-electron chi connectivity index (χ1n) is 8.48. The molecule has 1 heterocycles. The molecule has 0 unspecified atom stereocenters. The smallest absolute Gasteiger partial charge is 0.492 e. The van der Waals surface area contributed by atoms with Crippen LogP contribution in [-0.4, -0.2) is 30.9 Å². The average molecular weight is 393 g/mol. The Balaban J connectivity index is 1.99. The van der Waals surface area contributed by atoms with Crippen molar-refractivity contribution in [3.05, 3.63) is 53.6 Å². The van der Waals surface area contributed by atoms with Crippen molar-refractivity contribution < 1.29 is 32.5 Å². The lowest BCUT2D eigenvalue weighted by Crippen LogP contribution is -2.16. The first kappa shape index (κ1) is 19.8. The molecule has 0 saturated heterocycles. The molecule has 0 atom stereocenters. The number of anilines is 1. The van der Waals surface area contributed by atoms with Gasteiger partial charge in [0.2, 0.25) is 0 Å². The maximum Gasteiger partial charge on any atom is 0.573 e. The molecule has 28 heavy (non-hydrogen) atoms. The molecule has 0 aromatic heterocycles. The van der Waals surface area contributed by atoms with Gasteiger partial charge in [-0.15, -0.1) is 13.2 Å². The highest BCUT2D eigenvalue weighted by atomic mass is 19.4. The summed E-state index contributed by atoms with van der Waals surface area (Å²) in [7, 11) is 0. The van der Waals surface area contributed by atoms with Crippen LogP contribution in [0.1, 0.15) is 11.1 Å². The number of rotatable bonds is 7. The van der Waals surface area contributed by atoms with Crippen molar-refractivity contribution in [3.63, 3.8) is 0 Å². The predicted molar refractivity (Wildman–Crippen MR) is 97.4 cm³/mol. The van der Waals surface area contributed by atoms with E-state index in [1.54, 1.807) is 6.07 Å². The number of carbonyl (C=O) groups is 1. The summed E-state index contributed by atoms with van der Waals surface area (Å²) in [6.45, 7) is 4.03. The molecular formula is C20H18F3NO4. The van der Waals surface area contributed by atoms with Gasteiger partial charge in [-0.05, 0) is 23.8 Å². The second-order valence-electron chi connectivity index (χ2n) is 6.22. The Kier molecular flexibility index (Phi) is 5.60. The average Bonchev–Trinajstić information content (AvgIpc) is 3.14. The van der Waals surface area contributed by atoms with Crippen LogP contribution in [0.25, 0.3) is 11.1 Å². The van der Waals surface area contributed by atoms with Gasteiger partial charge in [-0.25, -0.2) is 0 Å². The van der Waals surface area contributed by atoms with Gasteiger partial charge in [0, 0.05) is 40.9 Å². The Morgan fingerprint density at radius 1 is 1.32 bits per heavy atom. The van der Waals surface area contributed by atoms with E-state index < -0.39 is 6.36 Å². The molecule has 1 aliphatic rings. The number of alkyl halides is 3. The van der Waals surface area contributed by atoms with Crippen LogP contribution in [0.3, 0.4) is 0 Å². The molecule has 0 fully saturated rings. The summed E-state index contributed by atoms with van der Waals surface area (Å²) in [6.07, 6.45) is -3.52. The SMILES string of the molecule is C=C(C=O)CNc1cc(-c2ccc(OC(F)(F)F)cc2)c2c(c1CO)CCO2. The van der Waals surface area contributed by atoms with E-state index in [2.05, 4.69) is 16.6 Å². The highest BCUT2D eigenvalue weighted by Crippen LogP contribution is 2.43. The van der Waals surface area contributed by atoms with Crippen molar-refractivity contribution in [2.45, 2.75) is 19.4 Å². The zero-order valence-corrected chi connectivity index (χ0v) is 14.8. The van der Waals surface area contributed by atoms with Crippen LogP contribution in [-0.2, 0) is 17.8 Å². The Morgan fingerprint density at radius 3 is 2.64 bits per heavy atom. The first-order valence-corrected chi connectivity index (χ1v) is 8.48. The Bertz CT molecular complexity index is 892. The van der Waals surface area contributed by atoms with Gasteiger partial charge < -0.3 is 19.9 Å². The minimum atomic E-state index is -4.76. The minimum absolute atomic E-state index is 0.202. The lowest BCUT2D eigenvalue weighted by Gasteiger charge is -2.18. The van der Waals surface area contributed by atoms with Gasteiger partial charge in [0.1, 0.15) is 17.8 Å². The molecule has 8 heteroatoms. The van der Waals surface area contributed by atoms with Crippen molar-refractivity contribution in [2.75, 3.05) is 18.5 Å². The third-order valence-electron chi connectivity index (χ3n) is 4.32. The molecule has 2 aromatic rings. The molecule has 2 N–H and O–H groups in total. The van der Waals surface area contributed by atoms with Gasteiger partial charge >= 0.3 is 6.36 Å². The quantitative estimate of drug-likeness (QED) is 0.553. The van der Waals surface area contributed by atoms with Gasteiger partial charge in [0.15, 0.2) is 0 Å². The van der Waals surface area contributed by atoms with Crippen molar-refractivity contribution >= 4 is 12.0 Å². The topological polar surface area (TPSA) is 67.8 Å². The second kappa shape index (κ2) is 7.93. The van der Waals surface area contributed by atoms with E-state index >= 15 is 0 Å². The van der Waals surface area contributed by atoms with E-state index in [1.807, 2.05) is 0 Å².